The zero-order chi connectivity index (χ0) is 21.0. The molecule has 0 saturated carbocycles. The highest BCUT2D eigenvalue weighted by atomic mass is 32.1. The number of aliphatic hydroxyl groups is 1. The van der Waals surface area contributed by atoms with Crippen molar-refractivity contribution in [2.45, 2.75) is 64.6 Å². The Hall–Kier alpha value is -1.09. The zero-order valence-corrected chi connectivity index (χ0v) is 17.8. The molecule has 0 bridgehead atoms. The van der Waals surface area contributed by atoms with Crippen molar-refractivity contribution in [1.29, 1.82) is 0 Å². The second-order valence-electron chi connectivity index (χ2n) is 7.35. The van der Waals surface area contributed by atoms with E-state index in [1.54, 1.807) is 19.9 Å². The van der Waals surface area contributed by atoms with Gasteiger partial charge in [0.2, 0.25) is 5.91 Å². The quantitative estimate of drug-likeness (QED) is 0.191. The molecule has 0 aromatic heterocycles. The van der Waals surface area contributed by atoms with Crippen molar-refractivity contribution in [1.82, 2.24) is 10.6 Å². The Bertz CT molecular complexity index is 488. The number of aliphatic carboxylic acids is 1. The first-order valence-electron chi connectivity index (χ1n) is 9.56. The van der Waals surface area contributed by atoms with Gasteiger partial charge >= 0.3 is 5.97 Å². The van der Waals surface area contributed by atoms with Crippen LogP contribution in [-0.2, 0) is 9.59 Å². The molecule has 27 heavy (non-hydrogen) atoms. The molecule has 0 aromatic rings. The van der Waals surface area contributed by atoms with Gasteiger partial charge in [0.1, 0.15) is 5.54 Å². The molecule has 0 spiro atoms. The maximum atomic E-state index is 12.3. The molecule has 0 radical (unpaired) electrons. The van der Waals surface area contributed by atoms with Gasteiger partial charge in [-0.3, -0.25) is 4.79 Å². The molecule has 0 aromatic carbocycles. The first kappa shape index (κ1) is 25.9. The Balaban J connectivity index is 4.96. The van der Waals surface area contributed by atoms with Gasteiger partial charge in [0.05, 0.1) is 0 Å². The number of hydrogen-bond acceptors (Lipinski definition) is 6. The predicted molar refractivity (Wildman–Crippen MR) is 112 cm³/mol. The number of nitrogens with two attached hydrogens (primary N) is 1. The monoisotopic (exact) mass is 403 g/mol. The van der Waals surface area contributed by atoms with Crippen LogP contribution in [0.1, 0.15) is 47.0 Å². The highest BCUT2D eigenvalue weighted by Gasteiger charge is 2.42. The van der Waals surface area contributed by atoms with Crippen LogP contribution in [-0.4, -0.2) is 58.6 Å². The third-order valence-electron chi connectivity index (χ3n) is 4.99. The highest BCUT2D eigenvalue weighted by Crippen LogP contribution is 2.22. The average molecular weight is 404 g/mol. The summed E-state index contributed by atoms with van der Waals surface area (Å²) in [6.45, 7) is 7.95. The van der Waals surface area contributed by atoms with Crippen LogP contribution in [0.4, 0.5) is 0 Å². The normalized spacial score (nSPS) is 17.5. The van der Waals surface area contributed by atoms with Gasteiger partial charge in [-0.15, -0.1) is 0 Å². The van der Waals surface area contributed by atoms with Crippen molar-refractivity contribution in [3.63, 3.8) is 0 Å². The van der Waals surface area contributed by atoms with Crippen LogP contribution < -0.4 is 16.4 Å². The Morgan fingerprint density at radius 1 is 1.30 bits per heavy atom. The van der Waals surface area contributed by atoms with E-state index in [-0.39, 0.29) is 43.4 Å². The van der Waals surface area contributed by atoms with Crippen molar-refractivity contribution in [2.24, 2.45) is 17.6 Å². The van der Waals surface area contributed by atoms with Gasteiger partial charge in [-0.05, 0) is 11.8 Å². The van der Waals surface area contributed by atoms with E-state index in [9.17, 15) is 19.8 Å². The number of carboxylic acid groups (broad SMARTS) is 1. The Kier molecular flexibility index (Phi) is 12.6. The summed E-state index contributed by atoms with van der Waals surface area (Å²) in [6, 6.07) is 0.0257. The van der Waals surface area contributed by atoms with E-state index in [4.69, 9.17) is 5.73 Å². The van der Waals surface area contributed by atoms with Crippen molar-refractivity contribution < 1.29 is 19.8 Å². The number of thiol groups is 1. The maximum Gasteiger partial charge on any atom is 0.329 e. The molecule has 0 rings (SSSR count). The van der Waals surface area contributed by atoms with Crippen LogP contribution >= 0.6 is 12.6 Å². The summed E-state index contributed by atoms with van der Waals surface area (Å²) < 4.78 is 0. The highest BCUT2D eigenvalue weighted by molar-refractivity contribution is 7.80. The second-order valence-corrected chi connectivity index (χ2v) is 7.71. The van der Waals surface area contributed by atoms with Gasteiger partial charge in [0, 0.05) is 43.8 Å². The third-order valence-corrected chi connectivity index (χ3v) is 5.46. The molecule has 0 heterocycles. The molecular formula is C19H37N3O4S. The SMILES string of the molecule is CC[C@H](C)[C@@H](/C=C/CC(=O)N[C@@](CCO)(C(=O)O)C(C)C)NC[C@@H](N)CS. The van der Waals surface area contributed by atoms with E-state index in [2.05, 4.69) is 37.1 Å². The van der Waals surface area contributed by atoms with Crippen LogP contribution in [0.3, 0.4) is 0 Å². The Labute approximate surface area is 168 Å². The lowest BCUT2D eigenvalue weighted by atomic mass is 9.83. The molecule has 0 fully saturated rings. The second kappa shape index (κ2) is 13.1. The molecule has 0 aliphatic heterocycles. The lowest BCUT2D eigenvalue weighted by molar-refractivity contribution is -0.150. The van der Waals surface area contributed by atoms with Crippen LogP contribution in [0.5, 0.6) is 0 Å². The number of rotatable bonds is 14. The number of amides is 1. The largest absolute Gasteiger partial charge is 0.479 e. The first-order chi connectivity index (χ1) is 12.6. The lowest BCUT2D eigenvalue weighted by Gasteiger charge is -2.33. The third kappa shape index (κ3) is 8.64. The van der Waals surface area contributed by atoms with Gasteiger partial charge in [0.25, 0.3) is 0 Å². The average Bonchev–Trinajstić information content (AvgIpc) is 2.62. The van der Waals surface area contributed by atoms with E-state index in [1.165, 1.54) is 0 Å². The molecule has 4 atom stereocenters. The molecule has 0 aliphatic carbocycles. The number of aliphatic hydroxyl groups excluding tert-OH is 1. The van der Waals surface area contributed by atoms with Gasteiger partial charge < -0.3 is 26.6 Å². The number of carbonyl (C=O) groups is 2. The van der Waals surface area contributed by atoms with Crippen LogP contribution in [0.15, 0.2) is 12.2 Å². The smallest absolute Gasteiger partial charge is 0.329 e. The number of hydrogen-bond donors (Lipinski definition) is 6. The molecule has 0 aliphatic rings. The van der Waals surface area contributed by atoms with E-state index in [0.717, 1.165) is 6.42 Å². The van der Waals surface area contributed by atoms with Gasteiger partial charge in [-0.2, -0.15) is 12.6 Å². The van der Waals surface area contributed by atoms with Crippen LogP contribution in [0.2, 0.25) is 0 Å². The summed E-state index contributed by atoms with van der Waals surface area (Å²) in [4.78, 5) is 24.0. The molecule has 6 N–H and O–H groups in total. The van der Waals surface area contributed by atoms with Crippen LogP contribution in [0.25, 0.3) is 0 Å². The predicted octanol–water partition coefficient (Wildman–Crippen LogP) is 1.17. The molecule has 1 amide bonds. The van der Waals surface area contributed by atoms with Gasteiger partial charge in [-0.25, -0.2) is 4.79 Å². The maximum absolute atomic E-state index is 12.3. The Morgan fingerprint density at radius 2 is 1.93 bits per heavy atom. The number of carboxylic acids is 1. The minimum Gasteiger partial charge on any atom is -0.479 e. The fourth-order valence-corrected chi connectivity index (χ4v) is 2.89. The van der Waals surface area contributed by atoms with Crippen molar-refractivity contribution in [2.75, 3.05) is 18.9 Å². The summed E-state index contributed by atoms with van der Waals surface area (Å²) in [5.74, 6) is -0.926. The standard InChI is InChI=1S/C19H37N3O4S/c1-5-14(4)16(21-11-15(20)12-27)7-6-8-17(24)22-19(9-10-23,13(2)3)18(25)26/h6-7,13-16,21,23,27H,5,8-12,20H2,1-4H3,(H,22,24)(H,25,26)/b7-6+/t14-,15+,16+,19+/m0/s1. The fourth-order valence-electron chi connectivity index (χ4n) is 2.77. The Morgan fingerprint density at radius 3 is 2.37 bits per heavy atom. The molecule has 0 unspecified atom stereocenters. The minimum absolute atomic E-state index is 0.0336. The molecule has 158 valence electrons. The zero-order valence-electron chi connectivity index (χ0n) is 16.9. The minimum atomic E-state index is -1.46. The first-order valence-corrected chi connectivity index (χ1v) is 10.2. The topological polar surface area (TPSA) is 125 Å². The summed E-state index contributed by atoms with van der Waals surface area (Å²) in [5.41, 5.74) is 4.43. The summed E-state index contributed by atoms with van der Waals surface area (Å²) in [5, 5.41) is 24.8. The fraction of sp³-hybridized carbons (Fsp3) is 0.789. The van der Waals surface area contributed by atoms with E-state index >= 15 is 0 Å². The van der Waals surface area contributed by atoms with Crippen molar-refractivity contribution in [3.05, 3.63) is 12.2 Å². The van der Waals surface area contributed by atoms with Gasteiger partial charge in [0.15, 0.2) is 0 Å². The van der Waals surface area contributed by atoms with E-state index in [0.29, 0.717) is 18.2 Å². The summed E-state index contributed by atoms with van der Waals surface area (Å²) in [7, 11) is 0. The summed E-state index contributed by atoms with van der Waals surface area (Å²) >= 11 is 4.18. The number of carbonyl (C=O) groups excluding carboxylic acids is 1. The molecule has 7 nitrogen and oxygen atoms in total. The summed E-state index contributed by atoms with van der Waals surface area (Å²) in [6.07, 6.45) is 4.69. The molecule has 8 heteroatoms. The van der Waals surface area contributed by atoms with Crippen molar-refractivity contribution >= 4 is 24.5 Å². The lowest BCUT2D eigenvalue weighted by Crippen LogP contribution is -2.58. The van der Waals surface area contributed by atoms with Crippen LogP contribution in [0, 0.1) is 11.8 Å². The van der Waals surface area contributed by atoms with E-state index in [1.807, 2.05) is 6.08 Å². The molecule has 0 saturated heterocycles. The van der Waals surface area contributed by atoms with Gasteiger partial charge in [-0.1, -0.05) is 46.3 Å². The molecular weight excluding hydrogens is 366 g/mol. The van der Waals surface area contributed by atoms with E-state index < -0.39 is 11.5 Å². The van der Waals surface area contributed by atoms with Crippen molar-refractivity contribution in [3.8, 4) is 0 Å². The number of nitrogens with one attached hydrogen (secondary N) is 2.